The molecule has 0 fully saturated rings. The van der Waals surface area contributed by atoms with E-state index in [1.165, 1.54) is 18.3 Å². The molecule has 80 valence electrons. The largest absolute Gasteiger partial charge is 0.390 e. The molecular formula is C8H9ClN4O2. The molecule has 0 aliphatic carbocycles. The molecule has 6 nitrogen and oxygen atoms in total. The fraction of sp³-hybridized carbons (Fsp3) is 0.375. The zero-order valence-corrected chi connectivity index (χ0v) is 8.41. The van der Waals surface area contributed by atoms with Crippen LogP contribution in [-0.2, 0) is 0 Å². The lowest BCUT2D eigenvalue weighted by molar-refractivity contribution is 0.0244. The fourth-order valence-corrected chi connectivity index (χ4v) is 1.23. The van der Waals surface area contributed by atoms with Crippen LogP contribution in [0.15, 0.2) is 23.4 Å². The molecule has 0 radical (unpaired) electrons. The van der Waals surface area contributed by atoms with E-state index in [1.54, 1.807) is 0 Å². The van der Waals surface area contributed by atoms with Gasteiger partial charge in [-0.2, -0.15) is 0 Å². The van der Waals surface area contributed by atoms with Crippen LogP contribution in [0, 0.1) is 0 Å². The van der Waals surface area contributed by atoms with Crippen LogP contribution < -0.4 is 0 Å². The lowest BCUT2D eigenvalue weighted by Gasteiger charge is -2.15. The van der Waals surface area contributed by atoms with Gasteiger partial charge in [-0.15, -0.1) is 0 Å². The topological polar surface area (TPSA) is 102 Å². The number of aliphatic hydroxyl groups is 2. The summed E-state index contributed by atoms with van der Waals surface area (Å²) in [5.41, 5.74) is 8.47. The number of azide groups is 1. The molecule has 0 aliphatic heterocycles. The first-order valence-electron chi connectivity index (χ1n) is 4.13. The van der Waals surface area contributed by atoms with E-state index in [9.17, 15) is 10.2 Å². The predicted octanol–water partition coefficient (Wildman–Crippen LogP) is 1.44. The number of hydrogen-bond acceptors (Lipinski definition) is 4. The van der Waals surface area contributed by atoms with Crippen molar-refractivity contribution in [2.45, 2.75) is 12.2 Å². The highest BCUT2D eigenvalue weighted by molar-refractivity contribution is 6.29. The third kappa shape index (κ3) is 3.38. The average Bonchev–Trinajstić information content (AvgIpc) is 2.24. The summed E-state index contributed by atoms with van der Waals surface area (Å²) in [4.78, 5) is 6.22. The second kappa shape index (κ2) is 5.53. The van der Waals surface area contributed by atoms with Crippen LogP contribution >= 0.6 is 11.6 Å². The Labute approximate surface area is 90.8 Å². The summed E-state index contributed by atoms with van der Waals surface area (Å²) >= 11 is 5.61. The Morgan fingerprint density at radius 3 is 2.93 bits per heavy atom. The van der Waals surface area contributed by atoms with Gasteiger partial charge in [0.25, 0.3) is 0 Å². The van der Waals surface area contributed by atoms with Crippen LogP contribution in [0.1, 0.15) is 11.7 Å². The van der Waals surface area contributed by atoms with Gasteiger partial charge in [-0.25, -0.2) is 4.98 Å². The number of pyridine rings is 1. The van der Waals surface area contributed by atoms with Crippen molar-refractivity contribution in [3.63, 3.8) is 0 Å². The van der Waals surface area contributed by atoms with E-state index >= 15 is 0 Å². The van der Waals surface area contributed by atoms with E-state index < -0.39 is 12.2 Å². The van der Waals surface area contributed by atoms with Crippen molar-refractivity contribution in [2.75, 3.05) is 6.54 Å². The minimum atomic E-state index is -1.15. The number of rotatable bonds is 4. The normalized spacial score (nSPS) is 14.1. The van der Waals surface area contributed by atoms with E-state index in [2.05, 4.69) is 15.0 Å². The highest BCUT2D eigenvalue weighted by Crippen LogP contribution is 2.19. The van der Waals surface area contributed by atoms with Crippen LogP contribution in [0.2, 0.25) is 5.15 Å². The summed E-state index contributed by atoms with van der Waals surface area (Å²) in [6.45, 7) is -0.197. The first kappa shape index (κ1) is 11.7. The van der Waals surface area contributed by atoms with Crippen molar-refractivity contribution in [3.8, 4) is 0 Å². The zero-order valence-electron chi connectivity index (χ0n) is 7.66. The van der Waals surface area contributed by atoms with Crippen molar-refractivity contribution in [2.24, 2.45) is 5.11 Å². The van der Waals surface area contributed by atoms with Gasteiger partial charge in [0.15, 0.2) is 0 Å². The van der Waals surface area contributed by atoms with Crippen molar-refractivity contribution >= 4 is 11.6 Å². The molecule has 1 heterocycles. The Hall–Kier alpha value is -1.33. The summed E-state index contributed by atoms with van der Waals surface area (Å²) in [5.74, 6) is 0. The maximum Gasteiger partial charge on any atom is 0.129 e. The van der Waals surface area contributed by atoms with Gasteiger partial charge < -0.3 is 10.2 Å². The Morgan fingerprint density at radius 1 is 1.60 bits per heavy atom. The SMILES string of the molecule is [N-]=[N+]=NCC(O)C(O)c1ccnc(Cl)c1. The molecule has 0 saturated carbocycles. The summed E-state index contributed by atoms with van der Waals surface area (Å²) in [6, 6.07) is 2.96. The molecule has 1 aromatic rings. The van der Waals surface area contributed by atoms with Gasteiger partial charge >= 0.3 is 0 Å². The maximum atomic E-state index is 9.62. The van der Waals surface area contributed by atoms with E-state index in [-0.39, 0.29) is 11.7 Å². The van der Waals surface area contributed by atoms with Crippen LogP contribution in [0.5, 0.6) is 0 Å². The van der Waals surface area contributed by atoms with Crippen molar-refractivity contribution in [3.05, 3.63) is 39.5 Å². The van der Waals surface area contributed by atoms with Gasteiger partial charge in [0.1, 0.15) is 11.3 Å². The molecular weight excluding hydrogens is 220 g/mol. The summed E-state index contributed by atoms with van der Waals surface area (Å²) in [7, 11) is 0. The second-order valence-electron chi connectivity index (χ2n) is 2.84. The number of nitrogens with zero attached hydrogens (tertiary/aromatic N) is 4. The number of aliphatic hydroxyl groups excluding tert-OH is 2. The fourth-order valence-electron chi connectivity index (χ4n) is 1.04. The van der Waals surface area contributed by atoms with Crippen molar-refractivity contribution in [1.29, 1.82) is 0 Å². The van der Waals surface area contributed by atoms with Crippen molar-refractivity contribution in [1.82, 2.24) is 4.98 Å². The monoisotopic (exact) mass is 228 g/mol. The summed E-state index contributed by atoms with van der Waals surface area (Å²) < 4.78 is 0. The molecule has 1 rings (SSSR count). The molecule has 0 aliphatic rings. The van der Waals surface area contributed by atoms with Crippen LogP contribution in [0.3, 0.4) is 0 Å². The lowest BCUT2D eigenvalue weighted by atomic mass is 10.1. The Morgan fingerprint density at radius 2 is 2.33 bits per heavy atom. The van der Waals surface area contributed by atoms with Crippen LogP contribution in [0.25, 0.3) is 10.4 Å². The summed E-state index contributed by atoms with van der Waals surface area (Å²) in [6.07, 6.45) is -0.878. The smallest absolute Gasteiger partial charge is 0.129 e. The Balaban J connectivity index is 2.75. The molecule has 0 spiro atoms. The molecule has 2 N–H and O–H groups in total. The maximum absolute atomic E-state index is 9.62. The first-order chi connectivity index (χ1) is 7.15. The molecule has 0 amide bonds. The van der Waals surface area contributed by atoms with Crippen LogP contribution in [0.4, 0.5) is 0 Å². The van der Waals surface area contributed by atoms with Gasteiger partial charge in [0.2, 0.25) is 0 Å². The molecule has 0 aromatic carbocycles. The van der Waals surface area contributed by atoms with Gasteiger partial charge in [0.05, 0.1) is 12.6 Å². The highest BCUT2D eigenvalue weighted by Gasteiger charge is 2.17. The quantitative estimate of drug-likeness (QED) is 0.353. The first-order valence-corrected chi connectivity index (χ1v) is 4.51. The van der Waals surface area contributed by atoms with Gasteiger partial charge in [0, 0.05) is 11.1 Å². The molecule has 1 aromatic heterocycles. The minimum Gasteiger partial charge on any atom is -0.390 e. The minimum absolute atomic E-state index is 0.197. The highest BCUT2D eigenvalue weighted by atomic mass is 35.5. The second-order valence-corrected chi connectivity index (χ2v) is 3.22. The molecule has 0 bridgehead atoms. The number of aromatic nitrogens is 1. The Kier molecular flexibility index (Phi) is 4.33. The molecule has 2 unspecified atom stereocenters. The third-order valence-electron chi connectivity index (χ3n) is 1.79. The van der Waals surface area contributed by atoms with Gasteiger partial charge in [-0.1, -0.05) is 16.7 Å². The van der Waals surface area contributed by atoms with Crippen LogP contribution in [-0.4, -0.2) is 27.8 Å². The van der Waals surface area contributed by atoms with E-state index in [1.807, 2.05) is 0 Å². The Bertz CT molecular complexity index is 381. The van der Waals surface area contributed by atoms with E-state index in [0.717, 1.165) is 0 Å². The third-order valence-corrected chi connectivity index (χ3v) is 2.00. The number of hydrogen-bond donors (Lipinski definition) is 2. The van der Waals surface area contributed by atoms with Crippen molar-refractivity contribution < 1.29 is 10.2 Å². The zero-order chi connectivity index (χ0) is 11.3. The molecule has 0 saturated heterocycles. The predicted molar refractivity (Wildman–Crippen MR) is 54.2 cm³/mol. The van der Waals surface area contributed by atoms with E-state index in [4.69, 9.17) is 17.1 Å². The molecule has 2 atom stereocenters. The number of halogens is 1. The molecule has 7 heteroatoms. The van der Waals surface area contributed by atoms with Gasteiger partial charge in [-0.05, 0) is 23.2 Å². The lowest BCUT2D eigenvalue weighted by Crippen LogP contribution is -2.21. The molecule has 15 heavy (non-hydrogen) atoms. The summed E-state index contributed by atoms with van der Waals surface area (Å²) in [5, 5.41) is 22.4. The van der Waals surface area contributed by atoms with E-state index in [0.29, 0.717) is 5.56 Å². The average molecular weight is 229 g/mol. The van der Waals surface area contributed by atoms with Gasteiger partial charge in [-0.3, -0.25) is 0 Å². The standard InChI is InChI=1S/C8H9ClN4O2/c9-7-3-5(1-2-11-7)8(15)6(14)4-12-13-10/h1-3,6,8,14-15H,4H2.